The second-order valence-electron chi connectivity index (χ2n) is 5.29. The van der Waals surface area contributed by atoms with Gasteiger partial charge in [-0.25, -0.2) is 14.4 Å². The predicted molar refractivity (Wildman–Crippen MR) is 103 cm³/mol. The Balaban J connectivity index is 1.86. The van der Waals surface area contributed by atoms with Crippen molar-refractivity contribution in [2.75, 3.05) is 5.32 Å². The molecular weight excluding hydrogens is 380 g/mol. The molecule has 0 amide bonds. The van der Waals surface area contributed by atoms with Crippen molar-refractivity contribution in [1.82, 2.24) is 9.97 Å². The summed E-state index contributed by atoms with van der Waals surface area (Å²) in [6.07, 6.45) is 1.49. The van der Waals surface area contributed by atoms with Gasteiger partial charge >= 0.3 is 0 Å². The predicted octanol–water partition coefficient (Wildman–Crippen LogP) is 6.55. The summed E-state index contributed by atoms with van der Waals surface area (Å²) < 4.78 is 13.2. The van der Waals surface area contributed by atoms with E-state index in [9.17, 15) is 4.39 Å². The van der Waals surface area contributed by atoms with Crippen LogP contribution >= 0.6 is 34.5 Å². The summed E-state index contributed by atoms with van der Waals surface area (Å²) in [5.74, 6) is 0.346. The summed E-state index contributed by atoms with van der Waals surface area (Å²) in [5, 5.41) is 6.95. The van der Waals surface area contributed by atoms with Crippen LogP contribution in [0, 0.1) is 5.82 Å². The van der Waals surface area contributed by atoms with Gasteiger partial charge in [-0.05, 0) is 29.8 Å². The smallest absolute Gasteiger partial charge is 0.143 e. The monoisotopic (exact) mass is 389 g/mol. The van der Waals surface area contributed by atoms with Gasteiger partial charge in [0.2, 0.25) is 0 Å². The molecule has 25 heavy (non-hydrogen) atoms. The number of rotatable bonds is 3. The van der Waals surface area contributed by atoms with E-state index in [1.807, 2.05) is 17.5 Å². The summed E-state index contributed by atoms with van der Waals surface area (Å²) in [6, 6.07) is 11.7. The maximum absolute atomic E-state index is 13.2. The highest BCUT2D eigenvalue weighted by atomic mass is 35.5. The van der Waals surface area contributed by atoms with Crippen molar-refractivity contribution in [3.05, 3.63) is 70.0 Å². The molecule has 124 valence electrons. The van der Waals surface area contributed by atoms with Crippen LogP contribution in [0.1, 0.15) is 0 Å². The summed E-state index contributed by atoms with van der Waals surface area (Å²) in [6.45, 7) is 0. The number of hydrogen-bond acceptors (Lipinski definition) is 4. The molecule has 2 aromatic heterocycles. The third kappa shape index (κ3) is 3.06. The molecule has 0 bridgehead atoms. The molecule has 0 aliphatic carbocycles. The van der Waals surface area contributed by atoms with Crippen LogP contribution in [-0.2, 0) is 0 Å². The van der Waals surface area contributed by atoms with Gasteiger partial charge in [0.25, 0.3) is 0 Å². The van der Waals surface area contributed by atoms with Gasteiger partial charge in [-0.1, -0.05) is 41.4 Å². The van der Waals surface area contributed by atoms with E-state index < -0.39 is 0 Å². The van der Waals surface area contributed by atoms with Gasteiger partial charge in [-0.3, -0.25) is 0 Å². The van der Waals surface area contributed by atoms with Crippen LogP contribution in [0.3, 0.4) is 0 Å². The van der Waals surface area contributed by atoms with E-state index in [4.69, 9.17) is 23.2 Å². The molecule has 3 nitrogen and oxygen atoms in total. The van der Waals surface area contributed by atoms with Gasteiger partial charge in [-0.2, -0.15) is 0 Å². The van der Waals surface area contributed by atoms with Crippen molar-refractivity contribution in [1.29, 1.82) is 0 Å². The minimum absolute atomic E-state index is 0.274. The molecule has 4 rings (SSSR count). The molecule has 0 atom stereocenters. The summed E-state index contributed by atoms with van der Waals surface area (Å²) in [4.78, 5) is 9.51. The number of nitrogens with zero attached hydrogens (tertiary/aromatic N) is 2. The van der Waals surface area contributed by atoms with E-state index in [1.165, 1.54) is 29.8 Å². The molecule has 0 spiro atoms. The maximum Gasteiger partial charge on any atom is 0.143 e. The molecule has 7 heteroatoms. The molecule has 0 radical (unpaired) electrons. The first-order valence-corrected chi connectivity index (χ1v) is 8.96. The molecular formula is C18H10Cl2FN3S. The Bertz CT molecular complexity index is 1060. The zero-order valence-electron chi connectivity index (χ0n) is 12.6. The number of benzene rings is 2. The fraction of sp³-hybridized carbons (Fsp3) is 0. The minimum atomic E-state index is -0.274. The zero-order chi connectivity index (χ0) is 17.4. The van der Waals surface area contributed by atoms with Crippen molar-refractivity contribution >= 4 is 56.3 Å². The number of halogens is 3. The van der Waals surface area contributed by atoms with Gasteiger partial charge in [0.15, 0.2) is 0 Å². The lowest BCUT2D eigenvalue weighted by Crippen LogP contribution is -1.96. The number of anilines is 2. The van der Waals surface area contributed by atoms with Gasteiger partial charge in [0, 0.05) is 10.9 Å². The SMILES string of the molecule is Fc1ccc(-c2csc3ncnc(Nc4cccc(Cl)c4Cl)c23)cc1. The molecule has 0 saturated heterocycles. The van der Waals surface area contributed by atoms with Crippen LogP contribution in [0.5, 0.6) is 0 Å². The van der Waals surface area contributed by atoms with Crippen LogP contribution in [0.2, 0.25) is 10.0 Å². The number of hydrogen-bond donors (Lipinski definition) is 1. The van der Waals surface area contributed by atoms with Gasteiger partial charge in [-0.15, -0.1) is 11.3 Å². The summed E-state index contributed by atoms with van der Waals surface area (Å²) in [5.41, 5.74) is 2.48. The molecule has 2 heterocycles. The Kier molecular flexibility index (Phi) is 4.29. The molecule has 0 aliphatic rings. The Labute approximate surface area is 157 Å². The average molecular weight is 390 g/mol. The Hall–Kier alpha value is -2.21. The third-order valence-corrected chi connectivity index (χ3v) is 5.44. The quantitative estimate of drug-likeness (QED) is 0.431. The highest BCUT2D eigenvalue weighted by Gasteiger charge is 2.14. The van der Waals surface area contributed by atoms with Crippen molar-refractivity contribution in [2.45, 2.75) is 0 Å². The topological polar surface area (TPSA) is 37.8 Å². The van der Waals surface area contributed by atoms with E-state index in [-0.39, 0.29) is 5.82 Å². The van der Waals surface area contributed by atoms with Crippen molar-refractivity contribution < 1.29 is 4.39 Å². The van der Waals surface area contributed by atoms with Crippen LogP contribution in [0.25, 0.3) is 21.3 Å². The first kappa shape index (κ1) is 16.3. The second-order valence-corrected chi connectivity index (χ2v) is 6.93. The van der Waals surface area contributed by atoms with Gasteiger partial charge in [0.05, 0.1) is 21.1 Å². The molecule has 2 aromatic carbocycles. The normalized spacial score (nSPS) is 11.0. The third-order valence-electron chi connectivity index (χ3n) is 3.73. The van der Waals surface area contributed by atoms with Crippen LogP contribution in [0.15, 0.2) is 54.2 Å². The molecule has 0 aliphatic heterocycles. The summed E-state index contributed by atoms with van der Waals surface area (Å²) >= 11 is 13.8. The second kappa shape index (κ2) is 6.59. The van der Waals surface area contributed by atoms with Crippen LogP contribution < -0.4 is 5.32 Å². The first-order valence-electron chi connectivity index (χ1n) is 7.32. The van der Waals surface area contributed by atoms with Crippen LogP contribution in [-0.4, -0.2) is 9.97 Å². The fourth-order valence-corrected chi connectivity index (χ4v) is 3.80. The van der Waals surface area contributed by atoms with E-state index in [0.29, 0.717) is 21.6 Å². The Morgan fingerprint density at radius 1 is 1.00 bits per heavy atom. The number of nitrogens with one attached hydrogen (secondary N) is 1. The standard InChI is InChI=1S/C18H10Cl2FN3S/c19-13-2-1-3-14(16(13)20)24-17-15-12(8-25-18(15)23-9-22-17)10-4-6-11(21)7-5-10/h1-9H,(H,22,23,24). The van der Waals surface area contributed by atoms with E-state index >= 15 is 0 Å². The highest BCUT2D eigenvalue weighted by molar-refractivity contribution is 7.17. The van der Waals surface area contributed by atoms with E-state index in [0.717, 1.165) is 21.3 Å². The molecule has 0 fully saturated rings. The molecule has 0 saturated carbocycles. The van der Waals surface area contributed by atoms with Crippen molar-refractivity contribution in [3.8, 4) is 11.1 Å². The molecule has 0 unspecified atom stereocenters. The minimum Gasteiger partial charge on any atom is -0.338 e. The largest absolute Gasteiger partial charge is 0.338 e. The maximum atomic E-state index is 13.2. The number of aromatic nitrogens is 2. The highest BCUT2D eigenvalue weighted by Crippen LogP contribution is 2.39. The molecule has 4 aromatic rings. The van der Waals surface area contributed by atoms with Crippen molar-refractivity contribution in [3.63, 3.8) is 0 Å². The van der Waals surface area contributed by atoms with E-state index in [2.05, 4.69) is 15.3 Å². The van der Waals surface area contributed by atoms with Gasteiger partial charge < -0.3 is 5.32 Å². The Morgan fingerprint density at radius 2 is 1.80 bits per heavy atom. The lowest BCUT2D eigenvalue weighted by molar-refractivity contribution is 0.628. The average Bonchev–Trinajstić information content (AvgIpc) is 3.05. The lowest BCUT2D eigenvalue weighted by atomic mass is 10.1. The number of thiophene rings is 1. The lowest BCUT2D eigenvalue weighted by Gasteiger charge is -2.10. The zero-order valence-corrected chi connectivity index (χ0v) is 15.0. The summed E-state index contributed by atoms with van der Waals surface area (Å²) in [7, 11) is 0. The first-order chi connectivity index (χ1) is 12.1. The molecule has 1 N–H and O–H groups in total. The Morgan fingerprint density at radius 3 is 2.60 bits per heavy atom. The van der Waals surface area contributed by atoms with Gasteiger partial charge in [0.1, 0.15) is 22.8 Å². The number of fused-ring (bicyclic) bond motifs is 1. The van der Waals surface area contributed by atoms with Crippen molar-refractivity contribution in [2.24, 2.45) is 0 Å². The fourth-order valence-electron chi connectivity index (χ4n) is 2.54. The van der Waals surface area contributed by atoms with Crippen LogP contribution in [0.4, 0.5) is 15.9 Å². The van der Waals surface area contributed by atoms with E-state index in [1.54, 1.807) is 18.2 Å².